The molecular formula is C9H19ClN2O. The molecule has 1 amide bonds. The fourth-order valence-electron chi connectivity index (χ4n) is 1.65. The number of piperidine rings is 1. The second-order valence-corrected chi connectivity index (χ2v) is 3.81. The highest BCUT2D eigenvalue weighted by Gasteiger charge is 2.28. The van der Waals surface area contributed by atoms with Crippen molar-refractivity contribution in [2.45, 2.75) is 13.3 Å². The molecule has 0 aromatic carbocycles. The van der Waals surface area contributed by atoms with Crippen molar-refractivity contribution in [1.82, 2.24) is 10.2 Å². The molecule has 0 aromatic heterocycles. The quantitative estimate of drug-likeness (QED) is 0.687. The van der Waals surface area contributed by atoms with Gasteiger partial charge in [0.1, 0.15) is 0 Å². The Bertz CT molecular complexity index is 173. The van der Waals surface area contributed by atoms with Gasteiger partial charge in [0.2, 0.25) is 5.91 Å². The predicted molar refractivity (Wildman–Crippen MR) is 56.1 cm³/mol. The van der Waals surface area contributed by atoms with E-state index in [1.54, 1.807) is 4.90 Å². The summed E-state index contributed by atoms with van der Waals surface area (Å²) in [5.74, 6) is 0.976. The van der Waals surface area contributed by atoms with Crippen molar-refractivity contribution in [3.63, 3.8) is 0 Å². The van der Waals surface area contributed by atoms with Crippen LogP contribution in [-0.2, 0) is 4.79 Å². The average Bonchev–Trinajstić information content (AvgIpc) is 2.04. The fourth-order valence-corrected chi connectivity index (χ4v) is 1.65. The number of rotatable bonds is 1. The predicted octanol–water partition coefficient (Wildman–Crippen LogP) is 0.742. The van der Waals surface area contributed by atoms with Crippen molar-refractivity contribution >= 4 is 18.3 Å². The second-order valence-electron chi connectivity index (χ2n) is 3.81. The highest BCUT2D eigenvalue weighted by atomic mass is 35.5. The first-order valence-electron chi connectivity index (χ1n) is 4.55. The van der Waals surface area contributed by atoms with E-state index in [9.17, 15) is 4.79 Å². The van der Waals surface area contributed by atoms with Crippen molar-refractivity contribution in [2.75, 3.05) is 27.2 Å². The zero-order valence-corrected chi connectivity index (χ0v) is 9.36. The van der Waals surface area contributed by atoms with E-state index in [0.717, 1.165) is 19.5 Å². The molecule has 0 bridgehead atoms. The zero-order valence-electron chi connectivity index (χ0n) is 8.54. The van der Waals surface area contributed by atoms with Crippen LogP contribution in [0.4, 0.5) is 0 Å². The van der Waals surface area contributed by atoms with Gasteiger partial charge in [0.15, 0.2) is 0 Å². The largest absolute Gasteiger partial charge is 0.349 e. The summed E-state index contributed by atoms with van der Waals surface area (Å²) in [5, 5.41) is 3.25. The molecule has 1 heterocycles. The van der Waals surface area contributed by atoms with E-state index < -0.39 is 0 Å². The summed E-state index contributed by atoms with van der Waals surface area (Å²) in [6, 6.07) is 0. The van der Waals surface area contributed by atoms with E-state index in [4.69, 9.17) is 0 Å². The van der Waals surface area contributed by atoms with Crippen molar-refractivity contribution in [2.24, 2.45) is 11.8 Å². The lowest BCUT2D eigenvalue weighted by Gasteiger charge is -2.30. The first kappa shape index (κ1) is 12.7. The molecule has 1 saturated heterocycles. The molecule has 78 valence electrons. The SMILES string of the molecule is C[C@H]1CCNC[C@H]1C(=O)N(C)C.Cl. The first-order chi connectivity index (χ1) is 5.63. The van der Waals surface area contributed by atoms with Gasteiger partial charge in [-0.3, -0.25) is 4.79 Å². The maximum atomic E-state index is 11.6. The van der Waals surface area contributed by atoms with Crippen LogP contribution in [0, 0.1) is 11.8 Å². The molecule has 0 aromatic rings. The van der Waals surface area contributed by atoms with Crippen LogP contribution in [-0.4, -0.2) is 38.0 Å². The topological polar surface area (TPSA) is 32.3 Å². The highest BCUT2D eigenvalue weighted by molar-refractivity contribution is 5.85. The molecule has 0 radical (unpaired) electrons. The van der Waals surface area contributed by atoms with Crippen LogP contribution >= 0.6 is 12.4 Å². The van der Waals surface area contributed by atoms with E-state index in [1.165, 1.54) is 0 Å². The molecule has 13 heavy (non-hydrogen) atoms. The Labute approximate surface area is 86.3 Å². The number of nitrogens with one attached hydrogen (secondary N) is 1. The van der Waals surface area contributed by atoms with E-state index >= 15 is 0 Å². The first-order valence-corrected chi connectivity index (χ1v) is 4.55. The maximum Gasteiger partial charge on any atom is 0.226 e. The van der Waals surface area contributed by atoms with E-state index in [1.807, 2.05) is 14.1 Å². The van der Waals surface area contributed by atoms with Gasteiger partial charge in [0, 0.05) is 20.6 Å². The fraction of sp³-hybridized carbons (Fsp3) is 0.889. The molecular weight excluding hydrogens is 188 g/mol. The summed E-state index contributed by atoms with van der Waals surface area (Å²) >= 11 is 0. The van der Waals surface area contributed by atoms with Crippen LogP contribution in [0.15, 0.2) is 0 Å². The minimum absolute atomic E-state index is 0. The summed E-state index contributed by atoms with van der Waals surface area (Å²) in [7, 11) is 3.65. The monoisotopic (exact) mass is 206 g/mol. The Morgan fingerprint density at radius 1 is 1.46 bits per heavy atom. The standard InChI is InChI=1S/C9H18N2O.ClH/c1-7-4-5-10-6-8(7)9(12)11(2)3;/h7-8,10H,4-6H2,1-3H3;1H/t7-,8+;/m0./s1. The minimum atomic E-state index is 0. The number of carbonyl (C=O) groups excluding carboxylic acids is 1. The number of amides is 1. The van der Waals surface area contributed by atoms with E-state index in [0.29, 0.717) is 5.92 Å². The lowest BCUT2D eigenvalue weighted by Crippen LogP contribution is -2.44. The van der Waals surface area contributed by atoms with Crippen LogP contribution in [0.2, 0.25) is 0 Å². The van der Waals surface area contributed by atoms with Gasteiger partial charge in [0.25, 0.3) is 0 Å². The Morgan fingerprint density at radius 3 is 2.54 bits per heavy atom. The molecule has 3 nitrogen and oxygen atoms in total. The smallest absolute Gasteiger partial charge is 0.226 e. The van der Waals surface area contributed by atoms with Crippen LogP contribution < -0.4 is 5.32 Å². The zero-order chi connectivity index (χ0) is 9.14. The maximum absolute atomic E-state index is 11.6. The van der Waals surface area contributed by atoms with Gasteiger partial charge in [-0.05, 0) is 18.9 Å². The molecule has 1 N–H and O–H groups in total. The van der Waals surface area contributed by atoms with Crippen LogP contribution in [0.3, 0.4) is 0 Å². The van der Waals surface area contributed by atoms with Crippen molar-refractivity contribution in [1.29, 1.82) is 0 Å². The number of carbonyl (C=O) groups is 1. The molecule has 0 aliphatic carbocycles. The molecule has 0 saturated carbocycles. The third kappa shape index (κ3) is 3.16. The molecule has 0 unspecified atom stereocenters. The van der Waals surface area contributed by atoms with Crippen molar-refractivity contribution in [3.8, 4) is 0 Å². The summed E-state index contributed by atoms with van der Waals surface area (Å²) in [6.07, 6.45) is 1.12. The van der Waals surface area contributed by atoms with Gasteiger partial charge >= 0.3 is 0 Å². The molecule has 0 spiro atoms. The molecule has 1 aliphatic heterocycles. The van der Waals surface area contributed by atoms with E-state index in [2.05, 4.69) is 12.2 Å². The molecule has 1 fully saturated rings. The van der Waals surface area contributed by atoms with Crippen LogP contribution in [0.5, 0.6) is 0 Å². The number of nitrogens with zero attached hydrogens (tertiary/aromatic N) is 1. The van der Waals surface area contributed by atoms with Gasteiger partial charge in [-0.25, -0.2) is 0 Å². The Hall–Kier alpha value is -0.280. The molecule has 1 rings (SSSR count). The summed E-state index contributed by atoms with van der Waals surface area (Å²) in [4.78, 5) is 13.3. The van der Waals surface area contributed by atoms with Crippen molar-refractivity contribution < 1.29 is 4.79 Å². The lowest BCUT2D eigenvalue weighted by molar-refractivity contribution is -0.135. The van der Waals surface area contributed by atoms with E-state index in [-0.39, 0.29) is 24.2 Å². The number of hydrogen-bond acceptors (Lipinski definition) is 2. The Kier molecular flexibility index (Phi) is 5.33. The second kappa shape index (κ2) is 5.45. The summed E-state index contributed by atoms with van der Waals surface area (Å²) in [5.41, 5.74) is 0. The number of halogens is 1. The van der Waals surface area contributed by atoms with Gasteiger partial charge in [0.05, 0.1) is 5.92 Å². The average molecular weight is 207 g/mol. The van der Waals surface area contributed by atoms with Gasteiger partial charge in [-0.1, -0.05) is 6.92 Å². The lowest BCUT2D eigenvalue weighted by atomic mass is 9.87. The van der Waals surface area contributed by atoms with Gasteiger partial charge < -0.3 is 10.2 Å². The summed E-state index contributed by atoms with van der Waals surface area (Å²) < 4.78 is 0. The van der Waals surface area contributed by atoms with Gasteiger partial charge in [-0.15, -0.1) is 12.4 Å². The third-order valence-corrected chi connectivity index (χ3v) is 2.59. The third-order valence-electron chi connectivity index (χ3n) is 2.59. The molecule has 1 aliphatic rings. The molecule has 4 heteroatoms. The normalized spacial score (nSPS) is 27.6. The van der Waals surface area contributed by atoms with Crippen LogP contribution in [0.25, 0.3) is 0 Å². The highest BCUT2D eigenvalue weighted by Crippen LogP contribution is 2.19. The minimum Gasteiger partial charge on any atom is -0.349 e. The molecule has 2 atom stereocenters. The summed E-state index contributed by atoms with van der Waals surface area (Å²) in [6.45, 7) is 4.06. The van der Waals surface area contributed by atoms with Crippen molar-refractivity contribution in [3.05, 3.63) is 0 Å². The Balaban J connectivity index is 0.00000144. The van der Waals surface area contributed by atoms with Crippen LogP contribution in [0.1, 0.15) is 13.3 Å². The Morgan fingerprint density at radius 2 is 2.08 bits per heavy atom. The number of hydrogen-bond donors (Lipinski definition) is 1. The van der Waals surface area contributed by atoms with Gasteiger partial charge in [-0.2, -0.15) is 0 Å².